The lowest BCUT2D eigenvalue weighted by Gasteiger charge is -2.34. The molecule has 0 amide bonds. The summed E-state index contributed by atoms with van der Waals surface area (Å²) in [7, 11) is -3.78. The Kier molecular flexibility index (Phi) is 4.35. The van der Waals surface area contributed by atoms with Gasteiger partial charge in [0, 0.05) is 12.5 Å². The molecule has 1 saturated carbocycles. The highest BCUT2D eigenvalue weighted by molar-refractivity contribution is 7.89. The average Bonchev–Trinajstić information content (AvgIpc) is 3.37. The van der Waals surface area contributed by atoms with Crippen molar-refractivity contribution in [2.24, 2.45) is 0 Å². The van der Waals surface area contributed by atoms with Crippen LogP contribution in [-0.4, -0.2) is 36.0 Å². The molecule has 4 rings (SSSR count). The summed E-state index contributed by atoms with van der Waals surface area (Å²) in [5.74, 6) is 0.701. The third-order valence-electron chi connectivity index (χ3n) is 5.15. The quantitative estimate of drug-likeness (QED) is 0.798. The molecule has 0 spiro atoms. The topological polar surface area (TPSA) is 76.3 Å². The molecular formula is C18H22FN3O3S. The van der Waals surface area contributed by atoms with Crippen LogP contribution >= 0.6 is 0 Å². The van der Waals surface area contributed by atoms with Crippen molar-refractivity contribution >= 4 is 10.0 Å². The second kappa shape index (κ2) is 6.42. The molecule has 1 aliphatic heterocycles. The highest BCUT2D eigenvalue weighted by atomic mass is 32.2. The standard InChI is InChI=1S/C18H22FN3O3S/c1-2-13-6-3-4-7-15(13)26(23,24)22-11-5-10-18(19,12-22)17-20-16(21-25-17)14-8-9-14/h3-4,6-7,14H,2,5,8-12H2,1H3. The number of halogens is 1. The molecule has 2 aromatic rings. The molecule has 1 aromatic heterocycles. The van der Waals surface area contributed by atoms with Crippen LogP contribution in [-0.2, 0) is 22.1 Å². The van der Waals surface area contributed by atoms with E-state index in [0.29, 0.717) is 18.7 Å². The largest absolute Gasteiger partial charge is 0.336 e. The summed E-state index contributed by atoms with van der Waals surface area (Å²) in [6.45, 7) is 1.90. The minimum Gasteiger partial charge on any atom is -0.336 e. The van der Waals surface area contributed by atoms with E-state index in [2.05, 4.69) is 10.1 Å². The Morgan fingerprint density at radius 1 is 1.35 bits per heavy atom. The second-order valence-electron chi connectivity index (χ2n) is 7.10. The molecule has 2 fully saturated rings. The Hall–Kier alpha value is -1.80. The molecule has 8 heteroatoms. The van der Waals surface area contributed by atoms with Crippen LogP contribution in [0.5, 0.6) is 0 Å². The van der Waals surface area contributed by atoms with Gasteiger partial charge in [-0.25, -0.2) is 12.8 Å². The summed E-state index contributed by atoms with van der Waals surface area (Å²) in [6, 6.07) is 6.88. The first-order valence-electron chi connectivity index (χ1n) is 9.05. The van der Waals surface area contributed by atoms with Gasteiger partial charge in [0.25, 0.3) is 5.89 Å². The maximum Gasteiger partial charge on any atom is 0.265 e. The minimum absolute atomic E-state index is 0.0944. The summed E-state index contributed by atoms with van der Waals surface area (Å²) < 4.78 is 48.2. The molecule has 0 bridgehead atoms. The van der Waals surface area contributed by atoms with Gasteiger partial charge in [-0.2, -0.15) is 9.29 Å². The number of benzene rings is 1. The third-order valence-corrected chi connectivity index (χ3v) is 7.09. The van der Waals surface area contributed by atoms with Gasteiger partial charge in [-0.05, 0) is 43.7 Å². The van der Waals surface area contributed by atoms with Crippen LogP contribution in [0.4, 0.5) is 4.39 Å². The maximum atomic E-state index is 15.6. The molecule has 1 unspecified atom stereocenters. The summed E-state index contributed by atoms with van der Waals surface area (Å²) in [6.07, 6.45) is 3.17. The zero-order chi connectivity index (χ0) is 18.4. The summed E-state index contributed by atoms with van der Waals surface area (Å²) in [5, 5.41) is 3.88. The Bertz CT molecular complexity index is 910. The average molecular weight is 379 g/mol. The zero-order valence-corrected chi connectivity index (χ0v) is 15.5. The molecule has 6 nitrogen and oxygen atoms in total. The Morgan fingerprint density at radius 3 is 2.85 bits per heavy atom. The van der Waals surface area contributed by atoms with Crippen molar-refractivity contribution in [3.63, 3.8) is 0 Å². The molecule has 1 aromatic carbocycles. The first kappa shape index (κ1) is 17.6. The molecule has 2 heterocycles. The van der Waals surface area contributed by atoms with E-state index in [4.69, 9.17) is 4.52 Å². The smallest absolute Gasteiger partial charge is 0.265 e. The van der Waals surface area contributed by atoms with Crippen molar-refractivity contribution in [3.05, 3.63) is 41.5 Å². The Morgan fingerprint density at radius 2 is 2.12 bits per heavy atom. The number of aromatic nitrogens is 2. The van der Waals surface area contributed by atoms with Crippen LogP contribution < -0.4 is 0 Å². The Balaban J connectivity index is 1.63. The van der Waals surface area contributed by atoms with E-state index in [1.807, 2.05) is 13.0 Å². The molecule has 1 aliphatic carbocycles. The Labute approximate surface area is 152 Å². The lowest BCUT2D eigenvalue weighted by Crippen LogP contribution is -2.46. The van der Waals surface area contributed by atoms with Crippen LogP contribution in [0.25, 0.3) is 0 Å². The van der Waals surface area contributed by atoms with E-state index in [-0.39, 0.29) is 36.2 Å². The molecule has 2 aliphatic rings. The molecule has 26 heavy (non-hydrogen) atoms. The predicted molar refractivity (Wildman–Crippen MR) is 92.9 cm³/mol. The number of piperidine rings is 1. The highest BCUT2D eigenvalue weighted by Gasteiger charge is 2.46. The van der Waals surface area contributed by atoms with Gasteiger partial charge in [0.15, 0.2) is 5.82 Å². The van der Waals surface area contributed by atoms with Crippen LogP contribution in [0.15, 0.2) is 33.7 Å². The zero-order valence-electron chi connectivity index (χ0n) is 14.7. The van der Waals surface area contributed by atoms with E-state index in [9.17, 15) is 8.42 Å². The summed E-state index contributed by atoms with van der Waals surface area (Å²) in [4.78, 5) is 4.46. The van der Waals surface area contributed by atoms with Gasteiger partial charge in [-0.15, -0.1) is 0 Å². The summed E-state index contributed by atoms with van der Waals surface area (Å²) in [5.41, 5.74) is -1.21. The van der Waals surface area contributed by atoms with Gasteiger partial charge in [0.2, 0.25) is 15.7 Å². The first-order valence-corrected chi connectivity index (χ1v) is 10.5. The van der Waals surface area contributed by atoms with E-state index in [1.54, 1.807) is 18.2 Å². The van der Waals surface area contributed by atoms with E-state index in [1.165, 1.54) is 4.31 Å². The SMILES string of the molecule is CCc1ccccc1S(=O)(=O)N1CCCC(F)(c2nc(C3CC3)no2)C1. The lowest BCUT2D eigenvalue weighted by molar-refractivity contribution is 0.0470. The van der Waals surface area contributed by atoms with Crippen LogP contribution in [0.1, 0.15) is 55.8 Å². The monoisotopic (exact) mass is 379 g/mol. The number of nitrogens with zero attached hydrogens (tertiary/aromatic N) is 3. The molecular weight excluding hydrogens is 357 g/mol. The predicted octanol–water partition coefficient (Wildman–Crippen LogP) is 3.16. The van der Waals surface area contributed by atoms with E-state index in [0.717, 1.165) is 18.4 Å². The fourth-order valence-electron chi connectivity index (χ4n) is 3.46. The van der Waals surface area contributed by atoms with Crippen molar-refractivity contribution in [2.45, 2.75) is 55.5 Å². The molecule has 1 atom stereocenters. The van der Waals surface area contributed by atoms with Crippen molar-refractivity contribution in [1.82, 2.24) is 14.4 Å². The maximum absolute atomic E-state index is 15.6. The van der Waals surface area contributed by atoms with Gasteiger partial charge in [0.05, 0.1) is 11.4 Å². The van der Waals surface area contributed by atoms with Crippen LogP contribution in [0.2, 0.25) is 0 Å². The fraction of sp³-hybridized carbons (Fsp3) is 0.556. The van der Waals surface area contributed by atoms with Gasteiger partial charge >= 0.3 is 0 Å². The van der Waals surface area contributed by atoms with Gasteiger partial charge in [-0.1, -0.05) is 30.3 Å². The van der Waals surface area contributed by atoms with Gasteiger partial charge in [-0.3, -0.25) is 0 Å². The molecule has 0 N–H and O–H groups in total. The number of hydrogen-bond acceptors (Lipinski definition) is 5. The fourth-order valence-corrected chi connectivity index (χ4v) is 5.28. The number of hydrogen-bond donors (Lipinski definition) is 0. The van der Waals surface area contributed by atoms with Crippen molar-refractivity contribution in [1.29, 1.82) is 0 Å². The summed E-state index contributed by atoms with van der Waals surface area (Å²) >= 11 is 0. The molecule has 140 valence electrons. The van der Waals surface area contributed by atoms with Crippen molar-refractivity contribution < 1.29 is 17.3 Å². The molecule has 1 saturated heterocycles. The lowest BCUT2D eigenvalue weighted by atomic mass is 9.96. The van der Waals surface area contributed by atoms with Crippen molar-refractivity contribution in [2.75, 3.05) is 13.1 Å². The number of rotatable bonds is 5. The number of sulfonamides is 1. The van der Waals surface area contributed by atoms with E-state index < -0.39 is 15.7 Å². The van der Waals surface area contributed by atoms with Gasteiger partial charge < -0.3 is 4.52 Å². The van der Waals surface area contributed by atoms with E-state index >= 15 is 4.39 Å². The minimum atomic E-state index is -3.78. The van der Waals surface area contributed by atoms with Crippen LogP contribution in [0, 0.1) is 0 Å². The number of alkyl halides is 1. The first-order chi connectivity index (χ1) is 12.4. The highest BCUT2D eigenvalue weighted by Crippen LogP contribution is 2.41. The third kappa shape index (κ3) is 3.05. The van der Waals surface area contributed by atoms with Gasteiger partial charge in [0.1, 0.15) is 0 Å². The normalized spacial score (nSPS) is 24.7. The van der Waals surface area contributed by atoms with Crippen LogP contribution in [0.3, 0.4) is 0 Å². The number of aryl methyl sites for hydroxylation is 1. The second-order valence-corrected chi connectivity index (χ2v) is 9.01. The van der Waals surface area contributed by atoms with Crippen molar-refractivity contribution in [3.8, 4) is 0 Å². The molecule has 0 radical (unpaired) electrons.